The van der Waals surface area contributed by atoms with E-state index >= 15 is 0 Å². The van der Waals surface area contributed by atoms with Gasteiger partial charge in [0.1, 0.15) is 11.5 Å². The van der Waals surface area contributed by atoms with Crippen LogP contribution >= 0.6 is 0 Å². The van der Waals surface area contributed by atoms with Gasteiger partial charge in [-0.3, -0.25) is 4.90 Å². The summed E-state index contributed by atoms with van der Waals surface area (Å²) in [5.74, 6) is 1.89. The van der Waals surface area contributed by atoms with Crippen LogP contribution in [0, 0.1) is 6.92 Å². The molecule has 19 heavy (non-hydrogen) atoms. The van der Waals surface area contributed by atoms with E-state index in [9.17, 15) is 0 Å². The lowest BCUT2D eigenvalue weighted by molar-refractivity contribution is 0.327. The monoisotopic (exact) mass is 256 g/mol. The highest BCUT2D eigenvalue weighted by molar-refractivity contribution is 5.57. The number of rotatable bonds is 3. The molecule has 3 heteroatoms. The second-order valence-electron chi connectivity index (χ2n) is 5.39. The quantitative estimate of drug-likeness (QED) is 0.918. The number of hydrogen-bond donors (Lipinski definition) is 1. The third-order valence-electron chi connectivity index (χ3n) is 3.69. The number of aryl methyl sites for hydroxylation is 1. The molecular formula is C16H20N2O. The van der Waals surface area contributed by atoms with E-state index in [0.29, 0.717) is 6.04 Å². The Morgan fingerprint density at radius 3 is 2.58 bits per heavy atom. The molecule has 1 atom stereocenters. The molecule has 2 aromatic rings. The van der Waals surface area contributed by atoms with Crippen molar-refractivity contribution in [3.05, 3.63) is 47.7 Å². The third kappa shape index (κ3) is 2.88. The van der Waals surface area contributed by atoms with Crippen molar-refractivity contribution in [2.24, 2.45) is 5.73 Å². The molecule has 1 saturated heterocycles. The summed E-state index contributed by atoms with van der Waals surface area (Å²) in [7, 11) is 0. The van der Waals surface area contributed by atoms with Crippen molar-refractivity contribution in [2.75, 3.05) is 13.1 Å². The first-order valence-corrected chi connectivity index (χ1v) is 6.84. The predicted molar refractivity (Wildman–Crippen MR) is 76.8 cm³/mol. The lowest BCUT2D eigenvalue weighted by atomic mass is 10.1. The Kier molecular flexibility index (Phi) is 3.40. The van der Waals surface area contributed by atoms with Gasteiger partial charge in [0, 0.05) is 31.2 Å². The fraction of sp³-hybridized carbons (Fsp3) is 0.375. The molecule has 100 valence electrons. The average molecular weight is 256 g/mol. The first kappa shape index (κ1) is 12.5. The summed E-state index contributed by atoms with van der Waals surface area (Å²) < 4.78 is 5.63. The minimum atomic E-state index is 0.352. The Hall–Kier alpha value is -1.58. The van der Waals surface area contributed by atoms with Crippen LogP contribution in [0.3, 0.4) is 0 Å². The van der Waals surface area contributed by atoms with Crippen molar-refractivity contribution in [1.82, 2.24) is 4.90 Å². The number of nitrogens with two attached hydrogens (primary N) is 1. The van der Waals surface area contributed by atoms with E-state index in [1.54, 1.807) is 0 Å². The van der Waals surface area contributed by atoms with Crippen LogP contribution in [0.15, 0.2) is 40.8 Å². The Morgan fingerprint density at radius 1 is 1.21 bits per heavy atom. The molecule has 3 rings (SSSR count). The Morgan fingerprint density at radius 2 is 2.00 bits per heavy atom. The maximum Gasteiger partial charge on any atom is 0.134 e. The summed E-state index contributed by atoms with van der Waals surface area (Å²) in [4.78, 5) is 2.41. The second-order valence-corrected chi connectivity index (χ2v) is 5.39. The summed E-state index contributed by atoms with van der Waals surface area (Å²) in [6.45, 7) is 5.08. The standard InChI is InChI=1S/C16H20N2O/c1-12-2-7-16(19-12)14-5-3-13(4-6-14)10-18-9-8-15(17)11-18/h2-7,15H,8-11,17H2,1H3/t15-/m0/s1. The van der Waals surface area contributed by atoms with Crippen LogP contribution in [0.2, 0.25) is 0 Å². The zero-order chi connectivity index (χ0) is 13.2. The largest absolute Gasteiger partial charge is 0.461 e. The van der Waals surface area contributed by atoms with Gasteiger partial charge < -0.3 is 10.2 Å². The van der Waals surface area contributed by atoms with Crippen molar-refractivity contribution in [2.45, 2.75) is 25.9 Å². The van der Waals surface area contributed by atoms with Crippen LogP contribution in [0.1, 0.15) is 17.7 Å². The van der Waals surface area contributed by atoms with Crippen LogP contribution in [0.4, 0.5) is 0 Å². The zero-order valence-electron chi connectivity index (χ0n) is 11.3. The molecule has 1 aliphatic rings. The minimum Gasteiger partial charge on any atom is -0.461 e. The van der Waals surface area contributed by atoms with Gasteiger partial charge >= 0.3 is 0 Å². The number of benzene rings is 1. The normalized spacial score (nSPS) is 20.0. The molecule has 0 spiro atoms. The highest BCUT2D eigenvalue weighted by Crippen LogP contribution is 2.23. The van der Waals surface area contributed by atoms with E-state index < -0.39 is 0 Å². The van der Waals surface area contributed by atoms with Gasteiger partial charge in [-0.25, -0.2) is 0 Å². The molecule has 0 saturated carbocycles. The lowest BCUT2D eigenvalue weighted by Gasteiger charge is -2.15. The smallest absolute Gasteiger partial charge is 0.134 e. The van der Waals surface area contributed by atoms with Crippen LogP contribution in [0.25, 0.3) is 11.3 Å². The molecule has 0 bridgehead atoms. The van der Waals surface area contributed by atoms with E-state index in [1.165, 1.54) is 5.56 Å². The predicted octanol–water partition coefficient (Wildman–Crippen LogP) is 2.79. The van der Waals surface area contributed by atoms with Crippen LogP contribution in [-0.4, -0.2) is 24.0 Å². The summed E-state index contributed by atoms with van der Waals surface area (Å²) in [5, 5.41) is 0. The van der Waals surface area contributed by atoms with Crippen molar-refractivity contribution >= 4 is 0 Å². The lowest BCUT2D eigenvalue weighted by Crippen LogP contribution is -2.26. The number of furan rings is 1. The molecule has 0 amide bonds. The molecule has 1 aromatic carbocycles. The van der Waals surface area contributed by atoms with Crippen molar-refractivity contribution in [3.8, 4) is 11.3 Å². The Balaban J connectivity index is 1.69. The molecular weight excluding hydrogens is 236 g/mol. The maximum atomic E-state index is 5.93. The van der Waals surface area contributed by atoms with Crippen molar-refractivity contribution in [3.63, 3.8) is 0 Å². The fourth-order valence-corrected chi connectivity index (χ4v) is 2.63. The molecule has 1 aliphatic heterocycles. The fourth-order valence-electron chi connectivity index (χ4n) is 2.63. The molecule has 3 nitrogen and oxygen atoms in total. The van der Waals surface area contributed by atoms with E-state index in [1.807, 2.05) is 19.1 Å². The number of hydrogen-bond acceptors (Lipinski definition) is 3. The van der Waals surface area contributed by atoms with Gasteiger partial charge in [-0.2, -0.15) is 0 Å². The highest BCUT2D eigenvalue weighted by Gasteiger charge is 2.18. The minimum absolute atomic E-state index is 0.352. The van der Waals surface area contributed by atoms with Gasteiger partial charge in [-0.15, -0.1) is 0 Å². The summed E-state index contributed by atoms with van der Waals surface area (Å²) in [5.41, 5.74) is 8.40. The molecule has 0 aliphatic carbocycles. The first-order valence-electron chi connectivity index (χ1n) is 6.84. The number of nitrogens with zero attached hydrogens (tertiary/aromatic N) is 1. The van der Waals surface area contributed by atoms with Crippen molar-refractivity contribution < 1.29 is 4.42 Å². The summed E-state index contributed by atoms with van der Waals surface area (Å²) in [6.07, 6.45) is 1.11. The number of likely N-dealkylation sites (tertiary alicyclic amines) is 1. The van der Waals surface area contributed by atoms with Gasteiger partial charge in [0.15, 0.2) is 0 Å². The van der Waals surface area contributed by atoms with Crippen LogP contribution in [0.5, 0.6) is 0 Å². The maximum absolute atomic E-state index is 5.93. The third-order valence-corrected chi connectivity index (χ3v) is 3.69. The van der Waals surface area contributed by atoms with E-state index in [4.69, 9.17) is 10.2 Å². The van der Waals surface area contributed by atoms with Gasteiger partial charge in [-0.05, 0) is 31.0 Å². The summed E-state index contributed by atoms with van der Waals surface area (Å²) in [6, 6.07) is 13.0. The zero-order valence-corrected chi connectivity index (χ0v) is 11.3. The average Bonchev–Trinajstić information content (AvgIpc) is 3.00. The molecule has 1 fully saturated rings. The van der Waals surface area contributed by atoms with Crippen LogP contribution < -0.4 is 5.73 Å². The van der Waals surface area contributed by atoms with Gasteiger partial charge in [0.25, 0.3) is 0 Å². The molecule has 0 unspecified atom stereocenters. The SMILES string of the molecule is Cc1ccc(-c2ccc(CN3CC[C@H](N)C3)cc2)o1. The Bertz CT molecular complexity index is 544. The first-order chi connectivity index (χ1) is 9.20. The molecule has 0 radical (unpaired) electrons. The molecule has 1 aromatic heterocycles. The van der Waals surface area contributed by atoms with Crippen LogP contribution in [-0.2, 0) is 6.54 Å². The topological polar surface area (TPSA) is 42.4 Å². The highest BCUT2D eigenvalue weighted by atomic mass is 16.3. The van der Waals surface area contributed by atoms with Gasteiger partial charge in [0.2, 0.25) is 0 Å². The summed E-state index contributed by atoms with van der Waals surface area (Å²) >= 11 is 0. The Labute approximate surface area is 114 Å². The molecule has 2 N–H and O–H groups in total. The second kappa shape index (κ2) is 5.19. The van der Waals surface area contributed by atoms with E-state index in [-0.39, 0.29) is 0 Å². The van der Waals surface area contributed by atoms with E-state index in [2.05, 4.69) is 29.2 Å². The van der Waals surface area contributed by atoms with Gasteiger partial charge in [-0.1, -0.05) is 24.3 Å². The van der Waals surface area contributed by atoms with Gasteiger partial charge in [0.05, 0.1) is 0 Å². The molecule has 2 heterocycles. The van der Waals surface area contributed by atoms with Crippen molar-refractivity contribution in [1.29, 1.82) is 0 Å². The van der Waals surface area contributed by atoms with E-state index in [0.717, 1.165) is 43.1 Å².